The normalized spacial score (nSPS) is 17.0. The number of aliphatic hydroxyl groups excluding tert-OH is 1. The number of aliphatic hydroxyl groups is 1. The van der Waals surface area contributed by atoms with Crippen molar-refractivity contribution in [2.75, 3.05) is 6.61 Å². The van der Waals surface area contributed by atoms with Gasteiger partial charge in [0.2, 0.25) is 0 Å². The maximum Gasteiger partial charge on any atom is 0.338 e. The predicted molar refractivity (Wildman–Crippen MR) is 133 cm³/mol. The number of hydrogen-bond donors (Lipinski definition) is 1. The molecular formula is C28H24ClNO5. The van der Waals surface area contributed by atoms with Crippen molar-refractivity contribution in [3.05, 3.63) is 111 Å². The zero-order valence-electron chi connectivity index (χ0n) is 19.3. The minimum Gasteiger partial charge on any atom is -0.507 e. The summed E-state index contributed by atoms with van der Waals surface area (Å²) in [6.07, 6.45) is 0. The number of nitrogens with zero attached hydrogens (tertiary/aromatic N) is 1. The Morgan fingerprint density at radius 1 is 1.00 bits per heavy atom. The van der Waals surface area contributed by atoms with Gasteiger partial charge >= 0.3 is 5.97 Å². The predicted octanol–water partition coefficient (Wildman–Crippen LogP) is 5.45. The lowest BCUT2D eigenvalue weighted by Crippen LogP contribution is -2.29. The van der Waals surface area contributed by atoms with E-state index in [0.717, 1.165) is 11.1 Å². The van der Waals surface area contributed by atoms with Crippen LogP contribution in [0.4, 0.5) is 0 Å². The Labute approximate surface area is 208 Å². The number of amides is 1. The van der Waals surface area contributed by atoms with Gasteiger partial charge in [0.1, 0.15) is 5.76 Å². The molecule has 1 heterocycles. The number of hydrogen-bond acceptors (Lipinski definition) is 5. The van der Waals surface area contributed by atoms with E-state index >= 15 is 0 Å². The van der Waals surface area contributed by atoms with E-state index in [-0.39, 0.29) is 24.5 Å². The number of esters is 1. The molecule has 1 atom stereocenters. The first-order valence-corrected chi connectivity index (χ1v) is 11.5. The Kier molecular flexibility index (Phi) is 7.03. The van der Waals surface area contributed by atoms with Gasteiger partial charge in [-0.1, -0.05) is 53.6 Å². The zero-order chi connectivity index (χ0) is 25.1. The van der Waals surface area contributed by atoms with Crippen LogP contribution in [0.5, 0.6) is 0 Å². The third kappa shape index (κ3) is 4.98. The van der Waals surface area contributed by atoms with Crippen molar-refractivity contribution in [1.29, 1.82) is 0 Å². The molecule has 0 radical (unpaired) electrons. The molecule has 1 aliphatic rings. The van der Waals surface area contributed by atoms with E-state index < -0.39 is 23.7 Å². The van der Waals surface area contributed by atoms with Crippen LogP contribution in [-0.2, 0) is 20.9 Å². The molecule has 1 unspecified atom stereocenters. The molecule has 3 aromatic rings. The van der Waals surface area contributed by atoms with Gasteiger partial charge in [0.25, 0.3) is 11.7 Å². The van der Waals surface area contributed by atoms with Crippen LogP contribution in [0.2, 0.25) is 5.02 Å². The fourth-order valence-corrected chi connectivity index (χ4v) is 4.28. The lowest BCUT2D eigenvalue weighted by atomic mass is 9.94. The molecule has 3 aromatic carbocycles. The Bertz CT molecular complexity index is 1310. The number of ketones is 1. The molecule has 1 amide bonds. The highest BCUT2D eigenvalue weighted by Gasteiger charge is 2.46. The van der Waals surface area contributed by atoms with E-state index in [1.807, 2.05) is 31.2 Å². The van der Waals surface area contributed by atoms with Gasteiger partial charge in [-0.15, -0.1) is 0 Å². The second-order valence-corrected chi connectivity index (χ2v) is 8.70. The molecule has 4 rings (SSSR count). The molecule has 1 saturated heterocycles. The van der Waals surface area contributed by atoms with Crippen LogP contribution < -0.4 is 0 Å². The summed E-state index contributed by atoms with van der Waals surface area (Å²) in [5.41, 5.74) is 3.20. The van der Waals surface area contributed by atoms with E-state index in [1.165, 1.54) is 4.90 Å². The standard InChI is InChI=1S/C28H24ClNO5/c1-3-35-28(34)20-9-7-18(8-10-20)16-30-24(21-6-4-5-17(2)15-21)23(26(32)27(30)33)25(31)19-11-13-22(29)14-12-19/h4-15,24,31H,3,16H2,1-2H3/b25-23+. The van der Waals surface area contributed by atoms with Crippen LogP contribution in [0.25, 0.3) is 5.76 Å². The molecule has 1 N–H and O–H groups in total. The lowest BCUT2D eigenvalue weighted by molar-refractivity contribution is -0.140. The highest BCUT2D eigenvalue weighted by atomic mass is 35.5. The fraction of sp³-hybridized carbons (Fsp3) is 0.179. The highest BCUT2D eigenvalue weighted by Crippen LogP contribution is 2.40. The largest absolute Gasteiger partial charge is 0.507 e. The Balaban J connectivity index is 1.76. The minimum absolute atomic E-state index is 0.0195. The second-order valence-electron chi connectivity index (χ2n) is 8.27. The third-order valence-corrected chi connectivity index (χ3v) is 6.09. The monoisotopic (exact) mass is 489 g/mol. The number of carbonyl (C=O) groups is 3. The van der Waals surface area contributed by atoms with Gasteiger partial charge in [-0.25, -0.2) is 4.79 Å². The van der Waals surface area contributed by atoms with Gasteiger partial charge in [0.15, 0.2) is 0 Å². The van der Waals surface area contributed by atoms with Crippen molar-refractivity contribution in [2.45, 2.75) is 26.4 Å². The first kappa shape index (κ1) is 24.2. The van der Waals surface area contributed by atoms with Crippen molar-refractivity contribution in [2.24, 2.45) is 0 Å². The van der Waals surface area contributed by atoms with E-state index in [0.29, 0.717) is 21.7 Å². The summed E-state index contributed by atoms with van der Waals surface area (Å²) in [5, 5.41) is 11.6. The Morgan fingerprint density at radius 2 is 1.66 bits per heavy atom. The van der Waals surface area contributed by atoms with Crippen LogP contribution in [0.15, 0.2) is 78.4 Å². The van der Waals surface area contributed by atoms with Gasteiger partial charge in [0, 0.05) is 17.1 Å². The van der Waals surface area contributed by atoms with Gasteiger partial charge in [-0.05, 0) is 61.4 Å². The van der Waals surface area contributed by atoms with Crippen molar-refractivity contribution in [3.8, 4) is 0 Å². The molecule has 35 heavy (non-hydrogen) atoms. The van der Waals surface area contributed by atoms with Gasteiger partial charge in [-0.2, -0.15) is 0 Å². The number of aryl methyl sites for hydroxylation is 1. The molecule has 0 spiro atoms. The Morgan fingerprint density at radius 3 is 2.29 bits per heavy atom. The van der Waals surface area contributed by atoms with E-state index in [9.17, 15) is 19.5 Å². The number of benzene rings is 3. The average Bonchev–Trinajstić information content (AvgIpc) is 3.09. The van der Waals surface area contributed by atoms with Gasteiger partial charge in [0.05, 0.1) is 23.8 Å². The Hall–Kier alpha value is -3.90. The number of rotatable bonds is 6. The number of carbonyl (C=O) groups excluding carboxylic acids is 3. The van der Waals surface area contributed by atoms with Crippen LogP contribution >= 0.6 is 11.6 Å². The molecule has 0 aliphatic carbocycles. The molecule has 0 aromatic heterocycles. The molecule has 178 valence electrons. The maximum atomic E-state index is 13.2. The van der Waals surface area contributed by atoms with Crippen molar-refractivity contribution >= 4 is 35.0 Å². The summed E-state index contributed by atoms with van der Waals surface area (Å²) in [7, 11) is 0. The first-order chi connectivity index (χ1) is 16.8. The van der Waals surface area contributed by atoms with Gasteiger partial charge in [-0.3, -0.25) is 9.59 Å². The van der Waals surface area contributed by atoms with Crippen LogP contribution in [0.3, 0.4) is 0 Å². The highest BCUT2D eigenvalue weighted by molar-refractivity contribution is 6.46. The molecule has 1 aliphatic heterocycles. The van der Waals surface area contributed by atoms with Crippen LogP contribution in [0.1, 0.15) is 45.6 Å². The van der Waals surface area contributed by atoms with E-state index in [4.69, 9.17) is 16.3 Å². The van der Waals surface area contributed by atoms with Crippen molar-refractivity contribution in [1.82, 2.24) is 4.90 Å². The van der Waals surface area contributed by atoms with E-state index in [1.54, 1.807) is 55.5 Å². The van der Waals surface area contributed by atoms with Gasteiger partial charge < -0.3 is 14.7 Å². The molecular weight excluding hydrogens is 466 g/mol. The van der Waals surface area contributed by atoms with Crippen molar-refractivity contribution in [3.63, 3.8) is 0 Å². The zero-order valence-corrected chi connectivity index (χ0v) is 20.1. The summed E-state index contributed by atoms with van der Waals surface area (Å²) >= 11 is 5.98. The summed E-state index contributed by atoms with van der Waals surface area (Å²) in [4.78, 5) is 39.8. The second kappa shape index (κ2) is 10.2. The lowest BCUT2D eigenvalue weighted by Gasteiger charge is -2.26. The third-order valence-electron chi connectivity index (χ3n) is 5.83. The molecule has 1 fully saturated rings. The molecule has 6 nitrogen and oxygen atoms in total. The smallest absolute Gasteiger partial charge is 0.338 e. The van der Waals surface area contributed by atoms with E-state index in [2.05, 4.69) is 0 Å². The average molecular weight is 490 g/mol. The summed E-state index contributed by atoms with van der Waals surface area (Å²) in [6.45, 7) is 4.04. The summed E-state index contributed by atoms with van der Waals surface area (Å²) in [6, 6.07) is 19.8. The molecule has 7 heteroatoms. The summed E-state index contributed by atoms with van der Waals surface area (Å²) in [5.74, 6) is -2.15. The quantitative estimate of drug-likeness (QED) is 0.215. The minimum atomic E-state index is -0.782. The number of Topliss-reactive ketones (excluding diaryl/α,β-unsaturated/α-hetero) is 1. The maximum absolute atomic E-state index is 13.2. The first-order valence-electron chi connectivity index (χ1n) is 11.2. The van der Waals surface area contributed by atoms with Crippen LogP contribution in [-0.4, -0.2) is 34.3 Å². The fourth-order valence-electron chi connectivity index (χ4n) is 4.15. The molecule has 0 bridgehead atoms. The molecule has 0 saturated carbocycles. The topological polar surface area (TPSA) is 83.9 Å². The summed E-state index contributed by atoms with van der Waals surface area (Å²) < 4.78 is 5.02. The number of likely N-dealkylation sites (tertiary alicyclic amines) is 1. The number of ether oxygens (including phenoxy) is 1. The van der Waals surface area contributed by atoms with Crippen molar-refractivity contribution < 1.29 is 24.2 Å². The van der Waals surface area contributed by atoms with Crippen LogP contribution in [0, 0.1) is 6.92 Å². The number of halogens is 1. The SMILES string of the molecule is CCOC(=O)c1ccc(CN2C(=O)C(=O)/C(=C(/O)c3ccc(Cl)cc3)C2c2cccc(C)c2)cc1.